The van der Waals surface area contributed by atoms with Crippen LogP contribution >= 0.6 is 27.3 Å². The van der Waals surface area contributed by atoms with Crippen molar-refractivity contribution in [3.05, 3.63) is 44.3 Å². The summed E-state index contributed by atoms with van der Waals surface area (Å²) in [5, 5.41) is 3.50. The van der Waals surface area contributed by atoms with Gasteiger partial charge in [-0.15, -0.1) is 11.3 Å². The summed E-state index contributed by atoms with van der Waals surface area (Å²) in [5.41, 5.74) is 2.45. The van der Waals surface area contributed by atoms with E-state index < -0.39 is 0 Å². The van der Waals surface area contributed by atoms with Crippen molar-refractivity contribution in [3.63, 3.8) is 0 Å². The first-order valence-corrected chi connectivity index (χ1v) is 7.12. The van der Waals surface area contributed by atoms with Gasteiger partial charge >= 0.3 is 0 Å². The van der Waals surface area contributed by atoms with Crippen molar-refractivity contribution < 1.29 is 0 Å². The minimum absolute atomic E-state index is 0.304. The summed E-state index contributed by atoms with van der Waals surface area (Å²) in [6, 6.07) is 4.54. The highest BCUT2D eigenvalue weighted by Gasteiger charge is 2.12. The molecule has 2 nitrogen and oxygen atoms in total. The second-order valence-electron chi connectivity index (χ2n) is 4.09. The summed E-state index contributed by atoms with van der Waals surface area (Å²) >= 11 is 5.35. The first-order chi connectivity index (χ1) is 8.08. The zero-order chi connectivity index (χ0) is 12.4. The lowest BCUT2D eigenvalue weighted by Gasteiger charge is -2.16. The monoisotopic (exact) mass is 310 g/mol. The molecule has 1 unspecified atom stereocenters. The van der Waals surface area contributed by atoms with Gasteiger partial charge in [-0.2, -0.15) is 0 Å². The van der Waals surface area contributed by atoms with Crippen LogP contribution in [-0.2, 0) is 0 Å². The third kappa shape index (κ3) is 2.87. The fourth-order valence-electron chi connectivity index (χ4n) is 1.88. The number of nitrogens with zero attached hydrogens (tertiary/aromatic N) is 1. The van der Waals surface area contributed by atoms with Crippen LogP contribution in [0.15, 0.2) is 29.0 Å². The normalized spacial score (nSPS) is 12.5. The van der Waals surface area contributed by atoms with Crippen LogP contribution in [0.5, 0.6) is 0 Å². The second-order valence-corrected chi connectivity index (χ2v) is 6.40. The predicted octanol–water partition coefficient (Wildman–Crippen LogP) is 4.70. The van der Waals surface area contributed by atoms with Crippen LogP contribution in [0.1, 0.15) is 28.3 Å². The fourth-order valence-corrected chi connectivity index (χ4v) is 3.27. The van der Waals surface area contributed by atoms with E-state index in [1.165, 1.54) is 15.3 Å². The van der Waals surface area contributed by atoms with Gasteiger partial charge < -0.3 is 5.32 Å². The highest BCUT2D eigenvalue weighted by molar-refractivity contribution is 9.10. The zero-order valence-electron chi connectivity index (χ0n) is 10.1. The van der Waals surface area contributed by atoms with Crippen molar-refractivity contribution in [2.24, 2.45) is 0 Å². The van der Waals surface area contributed by atoms with Gasteiger partial charge in [-0.3, -0.25) is 4.98 Å². The quantitative estimate of drug-likeness (QED) is 0.889. The molecule has 4 heteroatoms. The zero-order valence-corrected chi connectivity index (χ0v) is 12.5. The molecule has 2 aromatic rings. The van der Waals surface area contributed by atoms with Gasteiger partial charge in [-0.1, -0.05) is 0 Å². The van der Waals surface area contributed by atoms with Crippen molar-refractivity contribution in [1.82, 2.24) is 4.98 Å². The topological polar surface area (TPSA) is 24.9 Å². The Labute approximate surface area is 114 Å². The van der Waals surface area contributed by atoms with E-state index in [0.29, 0.717) is 6.04 Å². The Kier molecular flexibility index (Phi) is 3.84. The number of thiophene rings is 1. The molecule has 90 valence electrons. The van der Waals surface area contributed by atoms with Crippen LogP contribution in [0.2, 0.25) is 0 Å². The van der Waals surface area contributed by atoms with Crippen LogP contribution < -0.4 is 5.32 Å². The van der Waals surface area contributed by atoms with Gasteiger partial charge in [0.05, 0.1) is 10.2 Å². The van der Waals surface area contributed by atoms with E-state index in [4.69, 9.17) is 0 Å². The van der Waals surface area contributed by atoms with Gasteiger partial charge in [0.25, 0.3) is 0 Å². The van der Waals surface area contributed by atoms with Crippen LogP contribution in [0.25, 0.3) is 0 Å². The summed E-state index contributed by atoms with van der Waals surface area (Å²) in [5.74, 6) is 0. The lowest BCUT2D eigenvalue weighted by molar-refractivity contribution is 0.879. The molecule has 0 radical (unpaired) electrons. The Morgan fingerprint density at radius 1 is 1.41 bits per heavy atom. The number of aromatic nitrogens is 1. The van der Waals surface area contributed by atoms with Gasteiger partial charge in [-0.05, 0) is 54.4 Å². The maximum Gasteiger partial charge on any atom is 0.0590 e. The molecule has 2 aromatic heterocycles. The Bertz CT molecular complexity index is 522. The molecule has 0 saturated carbocycles. The molecule has 0 amide bonds. The van der Waals surface area contributed by atoms with Crippen molar-refractivity contribution in [3.8, 4) is 0 Å². The molecule has 1 N–H and O–H groups in total. The second kappa shape index (κ2) is 5.19. The average molecular weight is 311 g/mol. The molecule has 0 aliphatic heterocycles. The number of anilines is 1. The average Bonchev–Trinajstić information content (AvgIpc) is 2.61. The minimum atomic E-state index is 0.304. The number of pyridine rings is 1. The van der Waals surface area contributed by atoms with E-state index in [1.54, 1.807) is 12.4 Å². The van der Waals surface area contributed by atoms with Crippen LogP contribution in [0, 0.1) is 13.8 Å². The van der Waals surface area contributed by atoms with E-state index in [2.05, 4.69) is 53.1 Å². The van der Waals surface area contributed by atoms with Crippen LogP contribution in [-0.4, -0.2) is 4.98 Å². The molecule has 1 atom stereocenters. The smallest absolute Gasteiger partial charge is 0.0590 e. The van der Waals surface area contributed by atoms with Crippen molar-refractivity contribution in [2.75, 3.05) is 5.32 Å². The number of halogens is 1. The largest absolute Gasteiger partial charge is 0.377 e. The number of hydrogen-bond donors (Lipinski definition) is 1. The van der Waals surface area contributed by atoms with Gasteiger partial charge in [0, 0.05) is 28.2 Å². The third-order valence-corrected chi connectivity index (χ3v) is 4.30. The molecular weight excluding hydrogens is 296 g/mol. The lowest BCUT2D eigenvalue weighted by atomic mass is 10.1. The Balaban J connectivity index is 2.20. The summed E-state index contributed by atoms with van der Waals surface area (Å²) in [6.07, 6.45) is 3.60. The summed E-state index contributed by atoms with van der Waals surface area (Å²) in [7, 11) is 0. The van der Waals surface area contributed by atoms with E-state index in [0.717, 1.165) is 10.2 Å². The molecule has 2 heterocycles. The maximum absolute atomic E-state index is 4.06. The number of rotatable bonds is 3. The van der Waals surface area contributed by atoms with Gasteiger partial charge in [0.15, 0.2) is 0 Å². The molecule has 0 aliphatic carbocycles. The molecule has 0 bridgehead atoms. The molecule has 0 aromatic carbocycles. The molecule has 0 fully saturated rings. The molecule has 0 saturated heterocycles. The Morgan fingerprint density at radius 3 is 2.76 bits per heavy atom. The SMILES string of the molecule is Cc1cc(C(C)Nc2ccncc2Br)c(C)s1. The van der Waals surface area contributed by atoms with Crippen molar-refractivity contribution in [2.45, 2.75) is 26.8 Å². The fraction of sp³-hybridized carbons (Fsp3) is 0.308. The van der Waals surface area contributed by atoms with Gasteiger partial charge in [0.2, 0.25) is 0 Å². The molecule has 2 rings (SSSR count). The number of nitrogens with one attached hydrogen (secondary N) is 1. The molecular formula is C13H15BrN2S. The van der Waals surface area contributed by atoms with Crippen molar-refractivity contribution in [1.29, 1.82) is 0 Å². The van der Waals surface area contributed by atoms with Gasteiger partial charge in [0.1, 0.15) is 0 Å². The highest BCUT2D eigenvalue weighted by Crippen LogP contribution is 2.30. The Hall–Kier alpha value is -0.870. The van der Waals surface area contributed by atoms with E-state index >= 15 is 0 Å². The van der Waals surface area contributed by atoms with Crippen LogP contribution in [0.4, 0.5) is 5.69 Å². The van der Waals surface area contributed by atoms with E-state index in [9.17, 15) is 0 Å². The predicted molar refractivity (Wildman–Crippen MR) is 77.8 cm³/mol. The molecule has 0 spiro atoms. The summed E-state index contributed by atoms with van der Waals surface area (Å²) < 4.78 is 0.997. The third-order valence-electron chi connectivity index (χ3n) is 2.69. The number of aryl methyl sites for hydroxylation is 2. The summed E-state index contributed by atoms with van der Waals surface area (Å²) in [6.45, 7) is 6.50. The lowest BCUT2D eigenvalue weighted by Crippen LogP contribution is -2.07. The first-order valence-electron chi connectivity index (χ1n) is 5.51. The van der Waals surface area contributed by atoms with E-state index in [-0.39, 0.29) is 0 Å². The van der Waals surface area contributed by atoms with Crippen molar-refractivity contribution >= 4 is 33.0 Å². The highest BCUT2D eigenvalue weighted by atomic mass is 79.9. The first kappa shape index (κ1) is 12.6. The summed E-state index contributed by atoms with van der Waals surface area (Å²) in [4.78, 5) is 6.80. The van der Waals surface area contributed by atoms with Crippen LogP contribution in [0.3, 0.4) is 0 Å². The molecule has 0 aliphatic rings. The minimum Gasteiger partial charge on any atom is -0.377 e. The van der Waals surface area contributed by atoms with Gasteiger partial charge in [-0.25, -0.2) is 0 Å². The maximum atomic E-state index is 4.06. The molecule has 17 heavy (non-hydrogen) atoms. The van der Waals surface area contributed by atoms with E-state index in [1.807, 2.05) is 17.4 Å². The Morgan fingerprint density at radius 2 is 2.18 bits per heavy atom. The number of hydrogen-bond acceptors (Lipinski definition) is 3. The standard InChI is InChI=1S/C13H15BrN2S/c1-8-6-11(10(3)17-8)9(2)16-13-4-5-15-7-12(13)14/h4-7,9H,1-3H3,(H,15,16).